The second kappa shape index (κ2) is 5.86. The van der Waals surface area contributed by atoms with E-state index in [1.165, 1.54) is 32.1 Å². The van der Waals surface area contributed by atoms with Crippen LogP contribution in [0.1, 0.15) is 52.4 Å². The van der Waals surface area contributed by atoms with Crippen LogP contribution in [0.3, 0.4) is 0 Å². The van der Waals surface area contributed by atoms with Crippen molar-refractivity contribution in [3.63, 3.8) is 0 Å². The molecule has 0 radical (unpaired) electrons. The minimum atomic E-state index is -0.0759. The van der Waals surface area contributed by atoms with Crippen LogP contribution in [0, 0.1) is 11.8 Å². The zero-order valence-electron chi connectivity index (χ0n) is 10.6. The van der Waals surface area contributed by atoms with Gasteiger partial charge in [0.15, 0.2) is 0 Å². The molecule has 1 saturated carbocycles. The number of methoxy groups -OCH3 is 1. The number of ether oxygens (including phenoxy) is 1. The minimum Gasteiger partial charge on any atom is -0.383 e. The van der Waals surface area contributed by atoms with E-state index in [0.717, 1.165) is 12.3 Å². The maximum atomic E-state index is 6.44. The SMILES string of the molecule is CCC1CCC(C(N)(CC)COC)CC1. The average molecular weight is 213 g/mol. The van der Waals surface area contributed by atoms with Crippen molar-refractivity contribution in [1.82, 2.24) is 0 Å². The van der Waals surface area contributed by atoms with Gasteiger partial charge in [0.25, 0.3) is 0 Å². The summed E-state index contributed by atoms with van der Waals surface area (Å²) < 4.78 is 5.28. The van der Waals surface area contributed by atoms with Crippen LogP contribution >= 0.6 is 0 Å². The van der Waals surface area contributed by atoms with Gasteiger partial charge in [-0.25, -0.2) is 0 Å². The van der Waals surface area contributed by atoms with Gasteiger partial charge in [0.1, 0.15) is 0 Å². The number of rotatable bonds is 5. The summed E-state index contributed by atoms with van der Waals surface area (Å²) in [6.07, 6.45) is 7.69. The molecule has 0 aromatic rings. The van der Waals surface area contributed by atoms with Gasteiger partial charge in [-0.15, -0.1) is 0 Å². The fourth-order valence-electron chi connectivity index (χ4n) is 2.92. The molecule has 1 unspecified atom stereocenters. The first-order valence-electron chi connectivity index (χ1n) is 6.44. The van der Waals surface area contributed by atoms with E-state index in [0.29, 0.717) is 12.5 Å². The molecule has 0 bridgehead atoms. The summed E-state index contributed by atoms with van der Waals surface area (Å²) in [6, 6.07) is 0. The Morgan fingerprint density at radius 2 is 1.80 bits per heavy atom. The molecule has 2 heteroatoms. The highest BCUT2D eigenvalue weighted by molar-refractivity contribution is 4.92. The van der Waals surface area contributed by atoms with Gasteiger partial charge in [0, 0.05) is 12.6 Å². The smallest absolute Gasteiger partial charge is 0.0645 e. The summed E-state index contributed by atoms with van der Waals surface area (Å²) in [5.74, 6) is 1.62. The van der Waals surface area contributed by atoms with Gasteiger partial charge in [-0.1, -0.05) is 33.1 Å². The molecule has 0 aromatic heterocycles. The summed E-state index contributed by atoms with van der Waals surface area (Å²) in [5, 5.41) is 0. The molecule has 1 aliphatic rings. The second-order valence-electron chi connectivity index (χ2n) is 5.15. The lowest BCUT2D eigenvalue weighted by Crippen LogP contribution is -2.51. The fraction of sp³-hybridized carbons (Fsp3) is 1.00. The lowest BCUT2D eigenvalue weighted by Gasteiger charge is -2.40. The Bertz CT molecular complexity index is 175. The van der Waals surface area contributed by atoms with E-state index in [2.05, 4.69) is 13.8 Å². The summed E-state index contributed by atoms with van der Waals surface area (Å²) in [6.45, 7) is 5.20. The average Bonchev–Trinajstić information content (AvgIpc) is 2.29. The highest BCUT2D eigenvalue weighted by Gasteiger charge is 2.35. The quantitative estimate of drug-likeness (QED) is 0.762. The molecule has 15 heavy (non-hydrogen) atoms. The van der Waals surface area contributed by atoms with Crippen LogP contribution in [-0.4, -0.2) is 19.3 Å². The summed E-state index contributed by atoms with van der Waals surface area (Å²) >= 11 is 0. The van der Waals surface area contributed by atoms with Crippen molar-refractivity contribution >= 4 is 0 Å². The van der Waals surface area contributed by atoms with Crippen LogP contribution in [0.5, 0.6) is 0 Å². The van der Waals surface area contributed by atoms with Crippen molar-refractivity contribution in [2.24, 2.45) is 17.6 Å². The maximum Gasteiger partial charge on any atom is 0.0645 e. The van der Waals surface area contributed by atoms with Crippen LogP contribution in [0.15, 0.2) is 0 Å². The Hall–Kier alpha value is -0.0800. The minimum absolute atomic E-state index is 0.0759. The van der Waals surface area contributed by atoms with Gasteiger partial charge in [-0.3, -0.25) is 0 Å². The number of nitrogens with two attached hydrogens (primary N) is 1. The predicted octanol–water partition coefficient (Wildman–Crippen LogP) is 2.96. The molecule has 1 atom stereocenters. The third kappa shape index (κ3) is 3.18. The van der Waals surface area contributed by atoms with E-state index in [-0.39, 0.29) is 5.54 Å². The topological polar surface area (TPSA) is 35.2 Å². The van der Waals surface area contributed by atoms with Crippen LogP contribution in [0.2, 0.25) is 0 Å². The standard InChI is InChI=1S/C13H27NO/c1-4-11-6-8-12(9-7-11)13(14,5-2)10-15-3/h11-12H,4-10,14H2,1-3H3. The molecule has 2 N–H and O–H groups in total. The predicted molar refractivity (Wildman–Crippen MR) is 64.8 cm³/mol. The van der Waals surface area contributed by atoms with Crippen molar-refractivity contribution < 1.29 is 4.74 Å². The zero-order chi connectivity index (χ0) is 11.3. The highest BCUT2D eigenvalue weighted by Crippen LogP contribution is 2.37. The normalized spacial score (nSPS) is 31.2. The number of hydrogen-bond acceptors (Lipinski definition) is 2. The van der Waals surface area contributed by atoms with E-state index in [1.54, 1.807) is 7.11 Å². The van der Waals surface area contributed by atoms with Gasteiger partial charge in [-0.05, 0) is 31.1 Å². The van der Waals surface area contributed by atoms with Crippen LogP contribution in [-0.2, 0) is 4.74 Å². The summed E-state index contributed by atoms with van der Waals surface area (Å²) in [5.41, 5.74) is 6.37. The lowest BCUT2D eigenvalue weighted by atomic mass is 9.71. The molecule has 0 spiro atoms. The molecular formula is C13H27NO. The van der Waals surface area contributed by atoms with Crippen LogP contribution in [0.4, 0.5) is 0 Å². The summed E-state index contributed by atoms with van der Waals surface area (Å²) in [7, 11) is 1.76. The first kappa shape index (κ1) is 13.0. The molecule has 1 fully saturated rings. The van der Waals surface area contributed by atoms with Crippen LogP contribution < -0.4 is 5.73 Å². The monoisotopic (exact) mass is 213 g/mol. The highest BCUT2D eigenvalue weighted by atomic mass is 16.5. The molecule has 0 aliphatic heterocycles. The van der Waals surface area contributed by atoms with Gasteiger partial charge in [0.2, 0.25) is 0 Å². The van der Waals surface area contributed by atoms with E-state index in [9.17, 15) is 0 Å². The molecular weight excluding hydrogens is 186 g/mol. The van der Waals surface area contributed by atoms with E-state index in [1.807, 2.05) is 0 Å². The maximum absolute atomic E-state index is 6.44. The Morgan fingerprint density at radius 3 is 2.20 bits per heavy atom. The van der Waals surface area contributed by atoms with Gasteiger partial charge >= 0.3 is 0 Å². The van der Waals surface area contributed by atoms with E-state index < -0.39 is 0 Å². The van der Waals surface area contributed by atoms with Crippen LogP contribution in [0.25, 0.3) is 0 Å². The molecule has 1 aliphatic carbocycles. The Balaban J connectivity index is 2.49. The van der Waals surface area contributed by atoms with Crippen molar-refractivity contribution in [2.75, 3.05) is 13.7 Å². The van der Waals surface area contributed by atoms with Crippen molar-refractivity contribution in [1.29, 1.82) is 0 Å². The molecule has 0 heterocycles. The zero-order valence-corrected chi connectivity index (χ0v) is 10.6. The molecule has 0 aromatic carbocycles. The third-order valence-electron chi connectivity index (χ3n) is 4.31. The van der Waals surface area contributed by atoms with Crippen molar-refractivity contribution in [2.45, 2.75) is 57.9 Å². The Kier molecular flexibility index (Phi) is 5.07. The molecule has 90 valence electrons. The fourth-order valence-corrected chi connectivity index (χ4v) is 2.92. The van der Waals surface area contributed by atoms with Crippen molar-refractivity contribution in [3.8, 4) is 0 Å². The first-order chi connectivity index (χ1) is 7.16. The van der Waals surface area contributed by atoms with Gasteiger partial charge < -0.3 is 10.5 Å². The van der Waals surface area contributed by atoms with Gasteiger partial charge in [0.05, 0.1) is 6.61 Å². The Morgan fingerprint density at radius 1 is 1.20 bits per heavy atom. The third-order valence-corrected chi connectivity index (χ3v) is 4.31. The largest absolute Gasteiger partial charge is 0.383 e. The van der Waals surface area contributed by atoms with E-state index in [4.69, 9.17) is 10.5 Å². The molecule has 0 amide bonds. The molecule has 2 nitrogen and oxygen atoms in total. The molecule has 0 saturated heterocycles. The number of hydrogen-bond donors (Lipinski definition) is 1. The summed E-state index contributed by atoms with van der Waals surface area (Å²) in [4.78, 5) is 0. The van der Waals surface area contributed by atoms with Crippen molar-refractivity contribution in [3.05, 3.63) is 0 Å². The Labute approximate surface area is 94.6 Å². The van der Waals surface area contributed by atoms with E-state index >= 15 is 0 Å². The lowest BCUT2D eigenvalue weighted by molar-refractivity contribution is 0.0676. The van der Waals surface area contributed by atoms with Gasteiger partial charge in [-0.2, -0.15) is 0 Å². The first-order valence-corrected chi connectivity index (χ1v) is 6.44. The second-order valence-corrected chi connectivity index (χ2v) is 5.15. The molecule has 1 rings (SSSR count).